The van der Waals surface area contributed by atoms with E-state index in [-0.39, 0.29) is 26.8 Å². The Labute approximate surface area is 183 Å². The molecule has 0 unspecified atom stereocenters. The summed E-state index contributed by atoms with van der Waals surface area (Å²) >= 11 is 11.8. The number of benzene rings is 2. The molecular weight excluding hydrogens is 454 g/mol. The van der Waals surface area contributed by atoms with Crippen molar-refractivity contribution in [2.24, 2.45) is 0 Å². The molecule has 1 heterocycles. The van der Waals surface area contributed by atoms with E-state index in [1.807, 2.05) is 6.92 Å². The van der Waals surface area contributed by atoms with Gasteiger partial charge in [0.2, 0.25) is 10.0 Å². The second kappa shape index (κ2) is 8.89. The first-order valence-electron chi connectivity index (χ1n) is 8.97. The summed E-state index contributed by atoms with van der Waals surface area (Å²) in [5, 5.41) is 8.47. The Kier molecular flexibility index (Phi) is 6.66. The van der Waals surface area contributed by atoms with Gasteiger partial charge in [-0.15, -0.1) is 5.10 Å². The minimum Gasteiger partial charge on any atom is -0.424 e. The molecule has 0 saturated carbocycles. The van der Waals surface area contributed by atoms with Crippen LogP contribution in [0, 0.1) is 12.7 Å². The number of hydrogen-bond donors (Lipinski definition) is 1. The van der Waals surface area contributed by atoms with Gasteiger partial charge in [-0.3, -0.25) is 4.57 Å². The van der Waals surface area contributed by atoms with Crippen molar-refractivity contribution < 1.29 is 17.5 Å². The van der Waals surface area contributed by atoms with E-state index in [2.05, 4.69) is 14.9 Å². The first kappa shape index (κ1) is 22.5. The molecule has 1 atom stereocenters. The number of aromatic nitrogens is 3. The number of nitrogens with zero attached hydrogens (tertiary/aromatic N) is 3. The third-order valence-corrected chi connectivity index (χ3v) is 6.60. The molecule has 30 heavy (non-hydrogen) atoms. The molecule has 160 valence electrons. The van der Waals surface area contributed by atoms with E-state index in [1.54, 1.807) is 24.5 Å². The first-order chi connectivity index (χ1) is 14.1. The highest BCUT2D eigenvalue weighted by Gasteiger charge is 2.24. The van der Waals surface area contributed by atoms with Crippen molar-refractivity contribution in [2.75, 3.05) is 0 Å². The number of halogens is 3. The maximum absolute atomic E-state index is 13.5. The molecule has 3 rings (SSSR count). The van der Waals surface area contributed by atoms with Gasteiger partial charge in [0, 0.05) is 6.54 Å². The van der Waals surface area contributed by atoms with Crippen LogP contribution in [0.25, 0.3) is 0 Å². The van der Waals surface area contributed by atoms with Gasteiger partial charge in [-0.1, -0.05) is 28.3 Å². The van der Waals surface area contributed by atoms with E-state index in [0.29, 0.717) is 23.7 Å². The normalized spacial score (nSPS) is 12.7. The summed E-state index contributed by atoms with van der Waals surface area (Å²) in [7, 11) is -3.89. The highest BCUT2D eigenvalue weighted by molar-refractivity contribution is 7.89. The highest BCUT2D eigenvalue weighted by atomic mass is 35.5. The second-order valence-corrected chi connectivity index (χ2v) is 9.05. The minimum absolute atomic E-state index is 0.0235. The zero-order valence-electron chi connectivity index (χ0n) is 16.4. The summed E-state index contributed by atoms with van der Waals surface area (Å²) in [6.07, 6.45) is 0. The van der Waals surface area contributed by atoms with E-state index < -0.39 is 16.1 Å². The molecule has 0 radical (unpaired) electrons. The molecule has 0 aliphatic rings. The summed E-state index contributed by atoms with van der Waals surface area (Å²) < 4.78 is 48.8. The number of aryl methyl sites for hydroxylation is 1. The van der Waals surface area contributed by atoms with Crippen molar-refractivity contribution in [1.82, 2.24) is 19.5 Å². The second-order valence-electron chi connectivity index (χ2n) is 6.52. The molecule has 2 aromatic carbocycles. The lowest BCUT2D eigenvalue weighted by Crippen LogP contribution is -2.29. The zero-order valence-corrected chi connectivity index (χ0v) is 18.7. The first-order valence-corrected chi connectivity index (χ1v) is 11.2. The van der Waals surface area contributed by atoms with Gasteiger partial charge in [-0.25, -0.2) is 17.5 Å². The fraction of sp³-hybridized carbons (Fsp3) is 0.263. The Morgan fingerprint density at radius 3 is 2.53 bits per heavy atom. The van der Waals surface area contributed by atoms with Crippen molar-refractivity contribution in [1.29, 1.82) is 0 Å². The van der Waals surface area contributed by atoms with Crippen LogP contribution in [-0.2, 0) is 16.6 Å². The fourth-order valence-electron chi connectivity index (χ4n) is 2.78. The van der Waals surface area contributed by atoms with E-state index in [9.17, 15) is 12.8 Å². The molecule has 0 aliphatic heterocycles. The number of sulfonamides is 1. The van der Waals surface area contributed by atoms with Crippen LogP contribution in [0.15, 0.2) is 41.3 Å². The summed E-state index contributed by atoms with van der Waals surface area (Å²) in [4.78, 5) is -0.0235. The average molecular weight is 473 g/mol. The van der Waals surface area contributed by atoms with Crippen LogP contribution in [0.3, 0.4) is 0 Å². The van der Waals surface area contributed by atoms with Crippen molar-refractivity contribution in [3.05, 3.63) is 63.6 Å². The number of ether oxygens (including phenoxy) is 1. The summed E-state index contributed by atoms with van der Waals surface area (Å²) in [5.41, 5.74) is 0.429. The Bertz CT molecular complexity index is 1180. The Hall–Kier alpha value is -2.20. The molecule has 3 aromatic rings. The molecule has 0 saturated heterocycles. The standard InChI is InChI=1S/C19H19Cl2FN4O3S/c1-4-26-18(23-24-19(26)29-13-5-8-17(22)11(2)9-13)12(3)25-30(27,28)14-6-7-15(20)16(21)10-14/h5-10,12,25H,4H2,1-3H3/t12-/m1/s1. The van der Waals surface area contributed by atoms with E-state index >= 15 is 0 Å². The molecule has 7 nitrogen and oxygen atoms in total. The lowest BCUT2D eigenvalue weighted by molar-refractivity contribution is 0.406. The molecule has 0 fully saturated rings. The van der Waals surface area contributed by atoms with E-state index in [0.717, 1.165) is 0 Å². The smallest absolute Gasteiger partial charge is 0.322 e. The Morgan fingerprint density at radius 1 is 1.17 bits per heavy atom. The van der Waals surface area contributed by atoms with Crippen LogP contribution in [0.4, 0.5) is 4.39 Å². The molecular formula is C19H19Cl2FN4O3S. The zero-order chi connectivity index (χ0) is 22.1. The monoisotopic (exact) mass is 472 g/mol. The van der Waals surface area contributed by atoms with E-state index in [4.69, 9.17) is 27.9 Å². The van der Waals surface area contributed by atoms with Crippen LogP contribution in [-0.4, -0.2) is 23.2 Å². The van der Waals surface area contributed by atoms with Crippen molar-refractivity contribution in [2.45, 2.75) is 38.3 Å². The minimum atomic E-state index is -3.89. The summed E-state index contributed by atoms with van der Waals surface area (Å²) in [6.45, 7) is 5.53. The third-order valence-electron chi connectivity index (χ3n) is 4.32. The van der Waals surface area contributed by atoms with Crippen molar-refractivity contribution in [3.8, 4) is 11.8 Å². The summed E-state index contributed by atoms with van der Waals surface area (Å²) in [5.74, 6) is 0.409. The van der Waals surface area contributed by atoms with Gasteiger partial charge < -0.3 is 4.74 Å². The van der Waals surface area contributed by atoms with Gasteiger partial charge in [-0.05, 0) is 62.7 Å². The van der Waals surface area contributed by atoms with Crippen molar-refractivity contribution >= 4 is 33.2 Å². The van der Waals surface area contributed by atoms with E-state index in [1.165, 1.54) is 30.3 Å². The van der Waals surface area contributed by atoms with Crippen LogP contribution in [0.5, 0.6) is 11.8 Å². The van der Waals surface area contributed by atoms with Crippen LogP contribution >= 0.6 is 23.2 Å². The predicted octanol–water partition coefficient (Wildman–Crippen LogP) is 4.88. The Balaban J connectivity index is 1.84. The molecule has 1 N–H and O–H groups in total. The largest absolute Gasteiger partial charge is 0.424 e. The van der Waals surface area contributed by atoms with Crippen molar-refractivity contribution in [3.63, 3.8) is 0 Å². The van der Waals surface area contributed by atoms with Gasteiger partial charge in [0.05, 0.1) is 21.0 Å². The quantitative estimate of drug-likeness (QED) is 0.529. The van der Waals surface area contributed by atoms with Crippen LogP contribution in [0.1, 0.15) is 31.3 Å². The van der Waals surface area contributed by atoms with Gasteiger partial charge in [0.15, 0.2) is 5.82 Å². The lowest BCUT2D eigenvalue weighted by atomic mass is 10.2. The third kappa shape index (κ3) is 4.75. The molecule has 11 heteroatoms. The summed E-state index contributed by atoms with van der Waals surface area (Å²) in [6, 6.07) is 7.81. The lowest BCUT2D eigenvalue weighted by Gasteiger charge is -2.15. The predicted molar refractivity (Wildman–Crippen MR) is 112 cm³/mol. The molecule has 0 spiro atoms. The van der Waals surface area contributed by atoms with Gasteiger partial charge in [-0.2, -0.15) is 0 Å². The molecule has 0 bridgehead atoms. The number of hydrogen-bond acceptors (Lipinski definition) is 5. The Morgan fingerprint density at radius 2 is 1.90 bits per heavy atom. The van der Waals surface area contributed by atoms with Gasteiger partial charge in [0.25, 0.3) is 0 Å². The SMILES string of the molecule is CCn1c(Oc2ccc(F)c(C)c2)nnc1[C@@H](C)NS(=O)(=O)c1ccc(Cl)c(Cl)c1. The van der Waals surface area contributed by atoms with Crippen LogP contribution < -0.4 is 9.46 Å². The van der Waals surface area contributed by atoms with Gasteiger partial charge in [0.1, 0.15) is 11.6 Å². The maximum Gasteiger partial charge on any atom is 0.322 e. The molecule has 0 aliphatic carbocycles. The molecule has 0 amide bonds. The topological polar surface area (TPSA) is 86.1 Å². The maximum atomic E-state index is 13.5. The number of nitrogens with one attached hydrogen (secondary N) is 1. The highest BCUT2D eigenvalue weighted by Crippen LogP contribution is 2.27. The van der Waals surface area contributed by atoms with Gasteiger partial charge >= 0.3 is 6.01 Å². The average Bonchev–Trinajstić information content (AvgIpc) is 3.09. The van der Waals surface area contributed by atoms with Crippen LogP contribution in [0.2, 0.25) is 10.0 Å². The number of rotatable bonds is 7. The molecule has 1 aromatic heterocycles. The fourth-order valence-corrected chi connectivity index (χ4v) is 4.37.